The minimum Gasteiger partial charge on any atom is -0.478 e. The van der Waals surface area contributed by atoms with E-state index in [4.69, 9.17) is 5.11 Å². The van der Waals surface area contributed by atoms with Crippen molar-refractivity contribution in [2.75, 3.05) is 5.32 Å². The number of nitrogens with one attached hydrogen (secondary N) is 1. The van der Waals surface area contributed by atoms with Crippen molar-refractivity contribution in [1.29, 1.82) is 0 Å². The second kappa shape index (κ2) is 9.53. The number of carboxylic acid groups (broad SMARTS) is 1. The number of hydrogen-bond acceptors (Lipinski definition) is 5. The van der Waals surface area contributed by atoms with Crippen molar-refractivity contribution in [2.45, 2.75) is 32.4 Å². The lowest BCUT2D eigenvalue weighted by Gasteiger charge is -2.14. The Morgan fingerprint density at radius 2 is 1.92 bits per heavy atom. The molecule has 0 saturated heterocycles. The number of alkyl halides is 3. The van der Waals surface area contributed by atoms with Crippen molar-refractivity contribution < 1.29 is 23.1 Å². The quantitative estimate of drug-likeness (QED) is 0.313. The highest BCUT2D eigenvalue weighted by Gasteiger charge is 2.35. The van der Waals surface area contributed by atoms with Gasteiger partial charge >= 0.3 is 12.1 Å². The molecule has 0 saturated carbocycles. The number of carbonyl (C=O) groups is 1. The topological polar surface area (TPSA) is 92.9 Å². The number of carboxylic acids is 1. The van der Waals surface area contributed by atoms with E-state index in [-0.39, 0.29) is 17.5 Å². The number of anilines is 2. The smallest absolute Gasteiger partial charge is 0.435 e. The molecule has 0 spiro atoms. The van der Waals surface area contributed by atoms with Crippen LogP contribution in [0.1, 0.15) is 34.5 Å². The fourth-order valence-corrected chi connectivity index (χ4v) is 4.38. The van der Waals surface area contributed by atoms with Crippen molar-refractivity contribution in [3.05, 3.63) is 88.9 Å². The Labute approximate surface area is 210 Å². The predicted octanol–water partition coefficient (Wildman–Crippen LogP) is 5.99. The van der Waals surface area contributed by atoms with Gasteiger partial charge in [-0.05, 0) is 78.8 Å². The summed E-state index contributed by atoms with van der Waals surface area (Å²) >= 11 is 0. The summed E-state index contributed by atoms with van der Waals surface area (Å²) in [4.78, 5) is 19.9. The Bertz CT molecular complexity index is 1520. The van der Waals surface area contributed by atoms with Gasteiger partial charge in [-0.15, -0.1) is 0 Å². The first kappa shape index (κ1) is 24.2. The predicted molar refractivity (Wildman–Crippen MR) is 133 cm³/mol. The molecule has 0 bridgehead atoms. The van der Waals surface area contributed by atoms with Gasteiger partial charge in [-0.2, -0.15) is 23.3 Å². The number of aliphatic carboxylic acids is 1. The van der Waals surface area contributed by atoms with Gasteiger partial charge in [0.1, 0.15) is 0 Å². The molecule has 1 aliphatic rings. The Hall–Kier alpha value is -4.47. The lowest BCUT2D eigenvalue weighted by Crippen LogP contribution is -2.10. The Morgan fingerprint density at radius 1 is 1.11 bits per heavy atom. The van der Waals surface area contributed by atoms with Crippen LogP contribution in [0, 0.1) is 6.92 Å². The van der Waals surface area contributed by atoms with E-state index in [1.807, 2.05) is 12.1 Å². The Balaban J connectivity index is 1.60. The van der Waals surface area contributed by atoms with Gasteiger partial charge in [0.2, 0.25) is 5.95 Å². The summed E-state index contributed by atoms with van der Waals surface area (Å²) in [6.07, 6.45) is 2.49. The first-order valence-corrected chi connectivity index (χ1v) is 11.6. The SMILES string of the molecule is Cc1cc(C(F)(F)F)nn1-c1nc(Nc2ccc3c(c2)CCC3)ncc1-c1cccc(/C=C/C(=O)O)c1. The average Bonchev–Trinajstić information content (AvgIpc) is 3.49. The fourth-order valence-electron chi connectivity index (χ4n) is 4.38. The fraction of sp³-hybridized carbons (Fsp3) is 0.185. The molecule has 37 heavy (non-hydrogen) atoms. The minimum atomic E-state index is -4.61. The van der Waals surface area contributed by atoms with E-state index in [0.717, 1.165) is 41.8 Å². The van der Waals surface area contributed by atoms with Crippen molar-refractivity contribution in [3.8, 4) is 16.9 Å². The molecule has 0 aliphatic heterocycles. The van der Waals surface area contributed by atoms with Crippen molar-refractivity contribution >= 4 is 23.7 Å². The first-order valence-electron chi connectivity index (χ1n) is 11.6. The van der Waals surface area contributed by atoms with Crippen LogP contribution in [0.4, 0.5) is 24.8 Å². The number of rotatable bonds is 6. The zero-order valence-electron chi connectivity index (χ0n) is 19.8. The molecule has 4 aromatic rings. The van der Waals surface area contributed by atoms with E-state index in [2.05, 4.69) is 26.4 Å². The molecule has 7 nitrogen and oxygen atoms in total. The normalized spacial score (nSPS) is 13.2. The number of fused-ring (bicyclic) bond motifs is 1. The summed E-state index contributed by atoms with van der Waals surface area (Å²) in [6.45, 7) is 1.52. The van der Waals surface area contributed by atoms with Crippen LogP contribution >= 0.6 is 0 Å². The Morgan fingerprint density at radius 3 is 2.68 bits per heavy atom. The highest BCUT2D eigenvalue weighted by atomic mass is 19.4. The molecule has 5 rings (SSSR count). The molecule has 2 heterocycles. The molecule has 0 fully saturated rings. The van der Waals surface area contributed by atoms with Gasteiger partial charge in [0.25, 0.3) is 0 Å². The number of hydrogen-bond donors (Lipinski definition) is 2. The van der Waals surface area contributed by atoms with Gasteiger partial charge in [-0.1, -0.05) is 24.3 Å². The van der Waals surface area contributed by atoms with Gasteiger partial charge < -0.3 is 10.4 Å². The van der Waals surface area contributed by atoms with Crippen molar-refractivity contribution in [2.24, 2.45) is 0 Å². The van der Waals surface area contributed by atoms with E-state index in [9.17, 15) is 18.0 Å². The second-order valence-corrected chi connectivity index (χ2v) is 8.77. The number of nitrogens with zero attached hydrogens (tertiary/aromatic N) is 4. The largest absolute Gasteiger partial charge is 0.478 e. The molecule has 0 amide bonds. The molecule has 0 atom stereocenters. The molecular weight excluding hydrogens is 483 g/mol. The molecule has 0 radical (unpaired) electrons. The molecule has 1 aliphatic carbocycles. The van der Waals surface area contributed by atoms with Crippen LogP contribution in [-0.4, -0.2) is 30.8 Å². The average molecular weight is 506 g/mol. The lowest BCUT2D eigenvalue weighted by molar-refractivity contribution is -0.141. The van der Waals surface area contributed by atoms with E-state index in [0.29, 0.717) is 16.7 Å². The minimum absolute atomic E-state index is 0.158. The van der Waals surface area contributed by atoms with Crippen molar-refractivity contribution in [3.63, 3.8) is 0 Å². The summed E-state index contributed by atoms with van der Waals surface area (Å²) in [5.74, 6) is -0.726. The highest BCUT2D eigenvalue weighted by molar-refractivity contribution is 5.86. The van der Waals surface area contributed by atoms with Gasteiger partial charge in [0.15, 0.2) is 11.5 Å². The summed E-state index contributed by atoms with van der Waals surface area (Å²) < 4.78 is 41.4. The van der Waals surface area contributed by atoms with Crippen LogP contribution in [-0.2, 0) is 23.8 Å². The molecular formula is C27H22F3N5O2. The number of aryl methyl sites for hydroxylation is 3. The van der Waals surface area contributed by atoms with Crippen LogP contribution in [0.5, 0.6) is 0 Å². The third-order valence-electron chi connectivity index (χ3n) is 6.12. The highest BCUT2D eigenvalue weighted by Crippen LogP contribution is 2.33. The van der Waals surface area contributed by atoms with Crippen molar-refractivity contribution in [1.82, 2.24) is 19.7 Å². The standard InChI is InChI=1S/C27H22F3N5O2/c1-16-12-23(27(28,29)30)34-35(16)25-22(20-7-2-4-17(13-20)8-11-24(36)37)15-31-26(33-25)32-21-10-9-18-5-3-6-19(18)14-21/h2,4,7-15H,3,5-6H2,1H3,(H,36,37)(H,31,32,33)/b11-8+. The molecule has 10 heteroatoms. The molecule has 2 N–H and O–H groups in total. The maximum Gasteiger partial charge on any atom is 0.435 e. The monoisotopic (exact) mass is 505 g/mol. The van der Waals surface area contributed by atoms with Gasteiger partial charge in [-0.3, -0.25) is 0 Å². The first-order chi connectivity index (χ1) is 17.7. The van der Waals surface area contributed by atoms with Crippen LogP contribution in [0.25, 0.3) is 23.0 Å². The molecule has 0 unspecified atom stereocenters. The van der Waals surface area contributed by atoms with Crippen LogP contribution in [0.2, 0.25) is 0 Å². The van der Waals surface area contributed by atoms with E-state index >= 15 is 0 Å². The summed E-state index contributed by atoms with van der Waals surface area (Å²) in [5, 5.41) is 15.9. The number of aromatic nitrogens is 4. The number of halogens is 3. The maximum absolute atomic E-state index is 13.4. The zero-order valence-corrected chi connectivity index (χ0v) is 19.8. The third kappa shape index (κ3) is 5.23. The van der Waals surface area contributed by atoms with Crippen LogP contribution in [0.3, 0.4) is 0 Å². The van der Waals surface area contributed by atoms with Gasteiger partial charge in [0, 0.05) is 29.2 Å². The maximum atomic E-state index is 13.4. The summed E-state index contributed by atoms with van der Waals surface area (Å²) in [6, 6.07) is 13.9. The van der Waals surface area contributed by atoms with Gasteiger partial charge in [-0.25, -0.2) is 14.5 Å². The van der Waals surface area contributed by atoms with Gasteiger partial charge in [0.05, 0.1) is 0 Å². The molecule has 188 valence electrons. The van der Waals surface area contributed by atoms with E-state index in [1.165, 1.54) is 30.3 Å². The Kier molecular flexibility index (Phi) is 6.24. The van der Waals surface area contributed by atoms with Crippen LogP contribution < -0.4 is 5.32 Å². The van der Waals surface area contributed by atoms with Crippen LogP contribution in [0.15, 0.2) is 60.8 Å². The third-order valence-corrected chi connectivity index (χ3v) is 6.12. The van der Waals surface area contributed by atoms with E-state index in [1.54, 1.807) is 24.3 Å². The number of benzene rings is 2. The summed E-state index contributed by atoms with van der Waals surface area (Å²) in [7, 11) is 0. The van der Waals surface area contributed by atoms with E-state index < -0.39 is 17.8 Å². The second-order valence-electron chi connectivity index (χ2n) is 8.77. The molecule has 2 aromatic carbocycles. The molecule has 2 aromatic heterocycles. The summed E-state index contributed by atoms with van der Waals surface area (Å²) in [5.41, 5.74) is 4.20. The zero-order chi connectivity index (χ0) is 26.2. The lowest BCUT2D eigenvalue weighted by atomic mass is 10.0.